The molecule has 0 spiro atoms. The Morgan fingerprint density at radius 1 is 0.351 bits per heavy atom. The maximum absolute atomic E-state index is 13.9. The molecule has 0 radical (unpaired) electrons. The third kappa shape index (κ3) is 23.3. The molecule has 18 aromatic rings. The average molecular weight is 1890 g/mol. The summed E-state index contributed by atoms with van der Waals surface area (Å²) in [4.78, 5) is 88.5. The van der Waals surface area contributed by atoms with Crippen LogP contribution in [-0.2, 0) is 55.5 Å². The van der Waals surface area contributed by atoms with Crippen LogP contribution in [0.2, 0.25) is 0 Å². The number of sulfone groups is 1. The summed E-state index contributed by atoms with van der Waals surface area (Å²) in [5.41, 5.74) is 47.9. The number of benzene rings is 5. The Bertz CT molecular complexity index is 7330. The smallest absolute Gasteiger partial charge is 0.263 e. The van der Waals surface area contributed by atoms with E-state index in [2.05, 4.69) is 122 Å². The van der Waals surface area contributed by atoms with E-state index < -0.39 is 9.84 Å². The molecule has 13 aromatic heterocycles. The molecule has 0 unspecified atom stereocenters. The molecule has 0 atom stereocenters. The van der Waals surface area contributed by atoms with Crippen molar-refractivity contribution < 1.29 is 41.6 Å². The van der Waals surface area contributed by atoms with Crippen LogP contribution in [0, 0.1) is 33.5 Å². The fraction of sp³-hybridized carbons (Fsp3) is 0.146. The number of halogens is 1. The van der Waals surface area contributed by atoms with Crippen LogP contribution in [0.1, 0.15) is 127 Å². The number of hydrogen-bond donors (Lipinski definition) is 12. The number of amides is 6. The quantitative estimate of drug-likeness (QED) is 0.0337. The molecule has 131 heavy (non-hydrogen) atoms. The van der Waals surface area contributed by atoms with Crippen molar-refractivity contribution >= 4 is 209 Å². The van der Waals surface area contributed by atoms with E-state index in [1.54, 1.807) is 105 Å². The zero-order valence-corrected chi connectivity index (χ0v) is 76.4. The lowest BCUT2D eigenvalue weighted by Crippen LogP contribution is -2.23. The van der Waals surface area contributed by atoms with E-state index >= 15 is 0 Å². The van der Waals surface area contributed by atoms with E-state index in [9.17, 15) is 41.6 Å². The lowest BCUT2D eigenvalue weighted by Gasteiger charge is -2.07. The highest BCUT2D eigenvalue weighted by Crippen LogP contribution is 2.38. The molecule has 18 rings (SSSR count). The highest BCUT2D eigenvalue weighted by atomic mass is 32.2. The van der Waals surface area contributed by atoms with Crippen molar-refractivity contribution in [2.24, 2.45) is 0 Å². The number of nitrogens with zero attached hydrogens (tertiary/aromatic N) is 14. The molecule has 42 heteroatoms. The number of rotatable bonds is 20. The molecule has 0 saturated heterocycles. The van der Waals surface area contributed by atoms with Gasteiger partial charge in [-0.1, -0.05) is 122 Å². The lowest BCUT2D eigenvalue weighted by molar-refractivity contribution is 0.0946. The van der Waals surface area contributed by atoms with Gasteiger partial charge in [-0.15, -0.1) is 98.6 Å². The number of carbonyl (C=O) groups excluding carboxylic acids is 6. The van der Waals surface area contributed by atoms with Crippen LogP contribution in [0.3, 0.4) is 0 Å². The molecule has 0 bridgehead atoms. The fourth-order valence-corrected chi connectivity index (χ4v) is 19.0. The van der Waals surface area contributed by atoms with Crippen LogP contribution >= 0.6 is 68.0 Å². The Kier molecular flexibility index (Phi) is 30.8. The summed E-state index contributed by atoms with van der Waals surface area (Å²) in [7, 11) is -3.23. The number of fused-ring (bicyclic) bond motifs is 6. The standard InChI is InChI=1S/C16H16N4OS.C15H13FN4OS.C15H14N4O3S2.C15H14N4OS.C14H14N6OS.C14H12N4OS/c1-2-10-3-5-11(6-4-10)9-18-15(21)14-13(17)12-7-8-19-20-16(12)22-14;1-8-3-2-4-9(11(8)16)7-18-14(21)13-12(17)10-5-6-19-20-15(10)22-13;1-24(21,22)10-4-2-9(3-5-10)8-17-14(20)13-12(16)11-6-7-18-19-15(11)23-13;1-9-3-2-4-10(7-9)8-17-14(20)13-12(16)11-5-6-18-19-15(11)21-13;1-7-8(2)19-20-14-10(7)11(15)12(22-14)13(21)18-6-9-16-4-3-5-17-9;15-11-10-6-7-17-18-14(10)20-12(11)13(19)16-8-9-4-2-1-3-5-9/h3-8H,2,9,17H2,1H3,(H,18,21);2-6H,7,17H2,1H3,(H,18,21);2-7H,8,16H2,1H3,(H,17,20);2-7H,8,16H2,1H3,(H,17,20);3-5H,6,15H2,1-2H3,(H,18,21);1-7H,8,15H2,(H,16,19). The van der Waals surface area contributed by atoms with E-state index in [0.717, 1.165) is 67.7 Å². The van der Waals surface area contributed by atoms with Gasteiger partial charge in [-0.25, -0.2) is 22.8 Å². The van der Waals surface area contributed by atoms with Crippen LogP contribution in [-0.4, -0.2) is 121 Å². The SMILES string of the molecule is CCc1ccc(CNC(=O)c2sc3nnccc3c2N)cc1.CS(=O)(=O)c1ccc(CNC(=O)c2sc3nnccc3c2N)cc1.Cc1cccc(CNC(=O)c2sc3nnccc3c2N)c1.Cc1cccc(CNC(=O)c2sc3nnccc3c2N)c1F.Cc1nnc2sc(C(=O)NCc3ncccn3)c(N)c2c1C.Nc1c(C(=O)NCc2ccccc2)sc2nnccc12. The van der Waals surface area contributed by atoms with Crippen LogP contribution in [0.25, 0.3) is 61.3 Å². The van der Waals surface area contributed by atoms with Crippen molar-refractivity contribution in [3.8, 4) is 0 Å². The van der Waals surface area contributed by atoms with E-state index in [0.29, 0.717) is 140 Å². The highest BCUT2D eigenvalue weighted by molar-refractivity contribution is 7.90. The highest BCUT2D eigenvalue weighted by Gasteiger charge is 2.25. The number of anilines is 6. The minimum Gasteiger partial charge on any atom is -0.397 e. The zero-order chi connectivity index (χ0) is 93.0. The van der Waals surface area contributed by atoms with Gasteiger partial charge in [0.25, 0.3) is 35.4 Å². The van der Waals surface area contributed by atoms with Gasteiger partial charge in [-0.2, -0.15) is 30.6 Å². The van der Waals surface area contributed by atoms with Gasteiger partial charge in [-0.05, 0) is 122 Å². The van der Waals surface area contributed by atoms with Crippen molar-refractivity contribution in [3.63, 3.8) is 0 Å². The monoisotopic (exact) mass is 1890 g/mol. The lowest BCUT2D eigenvalue weighted by atomic mass is 10.1. The van der Waals surface area contributed by atoms with Gasteiger partial charge >= 0.3 is 0 Å². The number of hydrogen-bond acceptors (Lipinski definition) is 34. The van der Waals surface area contributed by atoms with Gasteiger partial charge in [0, 0.05) is 89.3 Å². The molecule has 5 aromatic carbocycles. The van der Waals surface area contributed by atoms with Crippen molar-refractivity contribution in [1.29, 1.82) is 0 Å². The van der Waals surface area contributed by atoms with Crippen molar-refractivity contribution in [2.75, 3.05) is 40.7 Å². The van der Waals surface area contributed by atoms with E-state index in [1.165, 1.54) is 104 Å². The molecular weight excluding hydrogens is 1800 g/mol. The van der Waals surface area contributed by atoms with Crippen LogP contribution < -0.4 is 66.3 Å². The molecule has 0 aliphatic rings. The summed E-state index contributed by atoms with van der Waals surface area (Å²) >= 11 is 7.37. The second kappa shape index (κ2) is 43.1. The molecule has 0 fully saturated rings. The topological polar surface area (TPSA) is 545 Å². The Hall–Kier alpha value is -15.1. The second-order valence-corrected chi connectivity index (χ2v) is 36.8. The third-order valence-corrected chi connectivity index (χ3v) is 27.5. The molecule has 6 amide bonds. The van der Waals surface area contributed by atoms with Crippen molar-refractivity contribution in [1.82, 2.24) is 103 Å². The summed E-state index contributed by atoms with van der Waals surface area (Å²) in [6.45, 7) is 11.6. The summed E-state index contributed by atoms with van der Waals surface area (Å²) in [5.74, 6) is -1.22. The van der Waals surface area contributed by atoms with Gasteiger partial charge < -0.3 is 66.3 Å². The van der Waals surface area contributed by atoms with Crippen LogP contribution in [0.4, 0.5) is 38.5 Å². The van der Waals surface area contributed by atoms with E-state index in [4.69, 9.17) is 34.4 Å². The number of thiophene rings is 6. The number of aromatic nitrogens is 14. The van der Waals surface area contributed by atoms with Gasteiger partial charge in [0.2, 0.25) is 0 Å². The minimum atomic E-state index is -3.23. The number of aryl methyl sites for hydroxylation is 5. The Labute approximate surface area is 771 Å². The third-order valence-electron chi connectivity index (χ3n) is 19.7. The van der Waals surface area contributed by atoms with Crippen LogP contribution in [0.15, 0.2) is 206 Å². The maximum atomic E-state index is 13.9. The van der Waals surface area contributed by atoms with Crippen LogP contribution in [0.5, 0.6) is 0 Å². The van der Waals surface area contributed by atoms with Gasteiger partial charge in [0.15, 0.2) is 9.84 Å². The molecule has 0 aliphatic heterocycles. The molecule has 13 heterocycles. The summed E-state index contributed by atoms with van der Waals surface area (Å²) < 4.78 is 36.8. The minimum absolute atomic E-state index is 0.103. The van der Waals surface area contributed by atoms with E-state index in [-0.39, 0.29) is 65.8 Å². The molecule has 0 saturated carbocycles. The largest absolute Gasteiger partial charge is 0.397 e. The number of nitrogen functional groups attached to an aromatic ring is 6. The van der Waals surface area contributed by atoms with E-state index in [1.807, 2.05) is 87.5 Å². The predicted molar refractivity (Wildman–Crippen MR) is 514 cm³/mol. The fourth-order valence-electron chi connectivity index (χ4n) is 12.6. The van der Waals surface area contributed by atoms with Gasteiger partial charge in [-0.3, -0.25) is 28.8 Å². The first kappa shape index (κ1) is 93.6. The molecule has 18 N–H and O–H groups in total. The Morgan fingerprint density at radius 2 is 0.695 bits per heavy atom. The number of carbonyl (C=O) groups is 6. The van der Waals surface area contributed by atoms with Crippen molar-refractivity contribution in [3.05, 3.63) is 298 Å². The first-order valence-corrected chi connectivity index (χ1v) is 46.6. The van der Waals surface area contributed by atoms with Crippen molar-refractivity contribution in [2.45, 2.75) is 85.2 Å². The number of nitrogens with two attached hydrogens (primary N) is 6. The Morgan fingerprint density at radius 3 is 1.08 bits per heavy atom. The normalized spacial score (nSPS) is 10.9. The first-order valence-electron chi connectivity index (χ1n) is 39.8. The second-order valence-electron chi connectivity index (χ2n) is 28.8. The maximum Gasteiger partial charge on any atom is 0.263 e. The zero-order valence-electron chi connectivity index (χ0n) is 70.7. The predicted octanol–water partition coefficient (Wildman–Crippen LogP) is 13.3. The first-order chi connectivity index (χ1) is 63.1. The molecular formula is C89H83FN26O8S7. The molecule has 666 valence electrons. The summed E-state index contributed by atoms with van der Waals surface area (Å²) in [6.07, 6.45) is 13.2. The average Bonchev–Trinajstić information content (AvgIpc) is 1.63. The summed E-state index contributed by atoms with van der Waals surface area (Å²) in [6, 6.07) is 47.8. The molecule has 0 aliphatic carbocycles. The Balaban J connectivity index is 0.000000134. The number of nitrogens with one attached hydrogen (secondary N) is 6. The van der Waals surface area contributed by atoms with Gasteiger partial charge in [0.05, 0.1) is 82.2 Å². The van der Waals surface area contributed by atoms with Gasteiger partial charge in [0.1, 0.15) is 69.9 Å². The molecule has 34 nitrogen and oxygen atoms in total. The summed E-state index contributed by atoms with van der Waals surface area (Å²) in [5, 5.41) is 68.4.